The Labute approximate surface area is 123 Å². The minimum absolute atomic E-state index is 0.375. The van der Waals surface area contributed by atoms with Crippen LogP contribution in [0.15, 0.2) is 30.3 Å². The summed E-state index contributed by atoms with van der Waals surface area (Å²) in [4.78, 5) is 0. The van der Waals surface area contributed by atoms with E-state index in [0.717, 1.165) is 29.5 Å². The third-order valence-electron chi connectivity index (χ3n) is 3.28. The van der Waals surface area contributed by atoms with Gasteiger partial charge in [-0.05, 0) is 61.1 Å². The molecular weight excluding hydrogens is 279 g/mol. The fraction of sp³-hybridized carbons (Fsp3) is 0.250. The first-order valence-electron chi connectivity index (χ1n) is 6.21. The first-order chi connectivity index (χ1) is 8.99. The van der Waals surface area contributed by atoms with Gasteiger partial charge in [0.05, 0.1) is 0 Å². The fourth-order valence-corrected chi connectivity index (χ4v) is 2.82. The number of benzene rings is 2. The summed E-state index contributed by atoms with van der Waals surface area (Å²) in [6.45, 7) is 3.82. The topological polar surface area (TPSA) is 20.2 Å². The van der Waals surface area contributed by atoms with Crippen LogP contribution in [0.2, 0.25) is 10.0 Å². The largest absolute Gasteiger partial charge is 0.507 e. The fourth-order valence-electron chi connectivity index (χ4n) is 2.23. The molecule has 0 atom stereocenters. The number of rotatable bonds is 3. The Morgan fingerprint density at radius 1 is 0.947 bits per heavy atom. The van der Waals surface area contributed by atoms with Crippen LogP contribution in [-0.4, -0.2) is 5.11 Å². The minimum Gasteiger partial charge on any atom is -0.507 e. The second kappa shape index (κ2) is 5.85. The molecule has 0 saturated heterocycles. The summed E-state index contributed by atoms with van der Waals surface area (Å²) in [5.74, 6) is 0.375. The zero-order valence-electron chi connectivity index (χ0n) is 11.0. The predicted octanol–water partition coefficient (Wildman–Crippen LogP) is 5.10. The number of hydrogen-bond donors (Lipinski definition) is 1. The van der Waals surface area contributed by atoms with Gasteiger partial charge in [0.15, 0.2) is 0 Å². The standard InChI is InChI=1S/C16H16Cl2O/c1-10-8-12(9-11(2)16(10)19)6-7-13-14(17)4-3-5-15(13)18/h3-5,8-9,19H,6-7H2,1-2H3. The van der Waals surface area contributed by atoms with Crippen molar-refractivity contribution in [3.05, 3.63) is 62.6 Å². The maximum Gasteiger partial charge on any atom is 0.121 e. The molecular formula is C16H16Cl2O. The molecule has 0 amide bonds. The SMILES string of the molecule is Cc1cc(CCc2c(Cl)cccc2Cl)cc(C)c1O. The Hall–Kier alpha value is -1.18. The molecule has 0 spiro atoms. The summed E-state index contributed by atoms with van der Waals surface area (Å²) >= 11 is 12.3. The van der Waals surface area contributed by atoms with Gasteiger partial charge in [-0.25, -0.2) is 0 Å². The van der Waals surface area contributed by atoms with Gasteiger partial charge in [0.2, 0.25) is 0 Å². The summed E-state index contributed by atoms with van der Waals surface area (Å²) in [7, 11) is 0. The van der Waals surface area contributed by atoms with E-state index < -0.39 is 0 Å². The monoisotopic (exact) mass is 294 g/mol. The van der Waals surface area contributed by atoms with E-state index in [0.29, 0.717) is 15.8 Å². The maximum absolute atomic E-state index is 9.76. The Morgan fingerprint density at radius 3 is 2.00 bits per heavy atom. The first-order valence-corrected chi connectivity index (χ1v) is 6.96. The zero-order valence-corrected chi connectivity index (χ0v) is 12.5. The van der Waals surface area contributed by atoms with E-state index in [1.807, 2.05) is 44.2 Å². The van der Waals surface area contributed by atoms with E-state index in [1.165, 1.54) is 5.56 Å². The normalized spacial score (nSPS) is 10.7. The van der Waals surface area contributed by atoms with Gasteiger partial charge < -0.3 is 5.11 Å². The number of aryl methyl sites for hydroxylation is 3. The highest BCUT2D eigenvalue weighted by molar-refractivity contribution is 6.35. The third kappa shape index (κ3) is 3.23. The molecule has 0 aliphatic carbocycles. The van der Waals surface area contributed by atoms with Crippen molar-refractivity contribution >= 4 is 23.2 Å². The van der Waals surface area contributed by atoms with Crippen molar-refractivity contribution in [2.45, 2.75) is 26.7 Å². The molecule has 0 saturated carbocycles. The van der Waals surface area contributed by atoms with Gasteiger partial charge in [-0.15, -0.1) is 0 Å². The second-order valence-electron chi connectivity index (χ2n) is 4.78. The zero-order chi connectivity index (χ0) is 14.0. The molecule has 0 radical (unpaired) electrons. The first kappa shape index (κ1) is 14.2. The molecule has 0 aliphatic heterocycles. The average molecular weight is 295 g/mol. The molecule has 1 N–H and O–H groups in total. The lowest BCUT2D eigenvalue weighted by Crippen LogP contribution is -1.95. The lowest BCUT2D eigenvalue weighted by atomic mass is 10.00. The van der Waals surface area contributed by atoms with E-state index in [4.69, 9.17) is 23.2 Å². The molecule has 1 nitrogen and oxygen atoms in total. The van der Waals surface area contributed by atoms with E-state index in [2.05, 4.69) is 0 Å². The van der Waals surface area contributed by atoms with E-state index in [1.54, 1.807) is 0 Å². The van der Waals surface area contributed by atoms with Gasteiger partial charge in [0.1, 0.15) is 5.75 Å². The second-order valence-corrected chi connectivity index (χ2v) is 5.59. The predicted molar refractivity (Wildman–Crippen MR) is 81.5 cm³/mol. The number of hydrogen-bond acceptors (Lipinski definition) is 1. The summed E-state index contributed by atoms with van der Waals surface area (Å²) in [5.41, 5.74) is 3.97. The molecule has 0 unspecified atom stereocenters. The number of halogens is 2. The van der Waals surface area contributed by atoms with Crippen LogP contribution in [0.25, 0.3) is 0 Å². The quantitative estimate of drug-likeness (QED) is 0.835. The van der Waals surface area contributed by atoms with Crippen LogP contribution >= 0.6 is 23.2 Å². The molecule has 19 heavy (non-hydrogen) atoms. The highest BCUT2D eigenvalue weighted by Crippen LogP contribution is 2.27. The molecule has 3 heteroatoms. The van der Waals surface area contributed by atoms with Gasteiger partial charge in [-0.2, -0.15) is 0 Å². The molecule has 0 aromatic heterocycles. The van der Waals surface area contributed by atoms with Crippen LogP contribution in [0.3, 0.4) is 0 Å². The Kier molecular flexibility index (Phi) is 4.38. The Morgan fingerprint density at radius 2 is 1.47 bits per heavy atom. The Balaban J connectivity index is 2.19. The molecule has 0 heterocycles. The van der Waals surface area contributed by atoms with Crippen LogP contribution < -0.4 is 0 Å². The van der Waals surface area contributed by atoms with Crippen molar-refractivity contribution in [1.82, 2.24) is 0 Å². The van der Waals surface area contributed by atoms with Gasteiger partial charge in [-0.1, -0.05) is 41.4 Å². The molecule has 2 aromatic rings. The van der Waals surface area contributed by atoms with E-state index in [-0.39, 0.29) is 0 Å². The lowest BCUT2D eigenvalue weighted by molar-refractivity contribution is 0.466. The number of aromatic hydroxyl groups is 1. The highest BCUT2D eigenvalue weighted by Gasteiger charge is 2.07. The number of phenolic OH excluding ortho intramolecular Hbond substituents is 1. The highest BCUT2D eigenvalue weighted by atomic mass is 35.5. The van der Waals surface area contributed by atoms with Crippen LogP contribution in [0.1, 0.15) is 22.3 Å². The molecule has 0 fully saturated rings. The number of phenols is 1. The third-order valence-corrected chi connectivity index (χ3v) is 3.98. The van der Waals surface area contributed by atoms with Gasteiger partial charge in [0.25, 0.3) is 0 Å². The van der Waals surface area contributed by atoms with Crippen molar-refractivity contribution in [3.63, 3.8) is 0 Å². The van der Waals surface area contributed by atoms with E-state index >= 15 is 0 Å². The smallest absolute Gasteiger partial charge is 0.121 e. The molecule has 0 bridgehead atoms. The summed E-state index contributed by atoms with van der Waals surface area (Å²) in [5, 5.41) is 11.2. The maximum atomic E-state index is 9.76. The lowest BCUT2D eigenvalue weighted by Gasteiger charge is -2.10. The minimum atomic E-state index is 0.375. The van der Waals surface area contributed by atoms with Crippen molar-refractivity contribution < 1.29 is 5.11 Å². The summed E-state index contributed by atoms with van der Waals surface area (Å²) in [6.07, 6.45) is 1.65. The van der Waals surface area contributed by atoms with Crippen molar-refractivity contribution in [2.24, 2.45) is 0 Å². The van der Waals surface area contributed by atoms with Gasteiger partial charge >= 0.3 is 0 Å². The van der Waals surface area contributed by atoms with Crippen molar-refractivity contribution in [1.29, 1.82) is 0 Å². The van der Waals surface area contributed by atoms with Crippen LogP contribution in [0, 0.1) is 13.8 Å². The van der Waals surface area contributed by atoms with Gasteiger partial charge in [-0.3, -0.25) is 0 Å². The van der Waals surface area contributed by atoms with Crippen LogP contribution in [0.5, 0.6) is 5.75 Å². The van der Waals surface area contributed by atoms with Crippen molar-refractivity contribution in [2.75, 3.05) is 0 Å². The van der Waals surface area contributed by atoms with Gasteiger partial charge in [0, 0.05) is 10.0 Å². The summed E-state index contributed by atoms with van der Waals surface area (Å²) < 4.78 is 0. The van der Waals surface area contributed by atoms with Crippen molar-refractivity contribution in [3.8, 4) is 5.75 Å². The Bertz CT molecular complexity index is 562. The molecule has 2 rings (SSSR count). The van der Waals surface area contributed by atoms with Crippen LogP contribution in [-0.2, 0) is 12.8 Å². The summed E-state index contributed by atoms with van der Waals surface area (Å²) in [6, 6.07) is 9.58. The van der Waals surface area contributed by atoms with E-state index in [9.17, 15) is 5.11 Å². The molecule has 0 aliphatic rings. The molecule has 100 valence electrons. The average Bonchev–Trinajstić information content (AvgIpc) is 2.35. The molecule has 2 aromatic carbocycles. The van der Waals surface area contributed by atoms with Crippen LogP contribution in [0.4, 0.5) is 0 Å².